The van der Waals surface area contributed by atoms with Crippen molar-refractivity contribution in [1.29, 1.82) is 0 Å². The van der Waals surface area contributed by atoms with Crippen LogP contribution in [0.15, 0.2) is 47.3 Å². The molecule has 0 radical (unpaired) electrons. The summed E-state index contributed by atoms with van der Waals surface area (Å²) in [5, 5.41) is 9.59. The standard InChI is InChI=1S/C19H18FN3O2/c1-19(2,3)11-4-9-15-14(10-11)17(24)16(23-22-15)18(25)21-13-7-5-12(20)6-8-13/h4-10H,1-3H3,(H,21,25)(H,22,24). The zero-order chi connectivity index (χ0) is 18.2. The molecule has 2 N–H and O–H groups in total. The Morgan fingerprint density at radius 2 is 1.80 bits per heavy atom. The topological polar surface area (TPSA) is 74.8 Å². The molecule has 0 unspecified atom stereocenters. The number of amides is 1. The van der Waals surface area contributed by atoms with Crippen molar-refractivity contribution in [2.75, 3.05) is 5.32 Å². The summed E-state index contributed by atoms with van der Waals surface area (Å²) < 4.78 is 12.9. The van der Waals surface area contributed by atoms with E-state index in [4.69, 9.17) is 0 Å². The number of hydrogen-bond acceptors (Lipinski definition) is 3. The first-order valence-corrected chi connectivity index (χ1v) is 7.85. The average Bonchev–Trinajstić information content (AvgIpc) is 2.56. The second kappa shape index (κ2) is 6.12. The van der Waals surface area contributed by atoms with Crippen LogP contribution in [0.25, 0.3) is 10.9 Å². The third kappa shape index (κ3) is 3.42. The molecule has 0 fully saturated rings. The second-order valence-corrected chi connectivity index (χ2v) is 6.87. The molecule has 1 amide bonds. The van der Waals surface area contributed by atoms with Gasteiger partial charge in [-0.2, -0.15) is 5.10 Å². The molecule has 0 aliphatic heterocycles. The minimum Gasteiger partial charge on any atom is -0.320 e. The van der Waals surface area contributed by atoms with Crippen LogP contribution in [0, 0.1) is 5.82 Å². The Hall–Kier alpha value is -3.02. The molecule has 0 spiro atoms. The van der Waals surface area contributed by atoms with Gasteiger partial charge in [-0.15, -0.1) is 0 Å². The van der Waals surface area contributed by atoms with Gasteiger partial charge in [-0.3, -0.25) is 14.7 Å². The average molecular weight is 339 g/mol. The number of rotatable bonds is 2. The maximum atomic E-state index is 12.9. The predicted molar refractivity (Wildman–Crippen MR) is 95.4 cm³/mol. The number of anilines is 1. The highest BCUT2D eigenvalue weighted by atomic mass is 19.1. The van der Waals surface area contributed by atoms with Crippen LogP contribution in [-0.2, 0) is 5.41 Å². The molecule has 0 bridgehead atoms. The summed E-state index contributed by atoms with van der Waals surface area (Å²) in [4.78, 5) is 25.0. The molecule has 1 aromatic heterocycles. The molecule has 25 heavy (non-hydrogen) atoms. The van der Waals surface area contributed by atoms with Crippen molar-refractivity contribution >= 4 is 22.5 Å². The molecule has 0 atom stereocenters. The van der Waals surface area contributed by atoms with Gasteiger partial charge in [-0.05, 0) is 47.4 Å². The quantitative estimate of drug-likeness (QED) is 0.749. The van der Waals surface area contributed by atoms with E-state index < -0.39 is 17.2 Å². The fourth-order valence-electron chi connectivity index (χ4n) is 2.47. The minimum absolute atomic E-state index is 0.125. The van der Waals surface area contributed by atoms with E-state index in [1.54, 1.807) is 12.1 Å². The van der Waals surface area contributed by atoms with Crippen molar-refractivity contribution in [1.82, 2.24) is 10.2 Å². The van der Waals surface area contributed by atoms with Crippen LogP contribution in [0.5, 0.6) is 0 Å². The monoisotopic (exact) mass is 339 g/mol. The largest absolute Gasteiger partial charge is 0.320 e. The molecule has 0 saturated heterocycles. The van der Waals surface area contributed by atoms with E-state index >= 15 is 0 Å². The predicted octanol–water partition coefficient (Wildman–Crippen LogP) is 3.61. The van der Waals surface area contributed by atoms with Crippen LogP contribution in [0.2, 0.25) is 0 Å². The molecule has 0 aliphatic rings. The highest BCUT2D eigenvalue weighted by Gasteiger charge is 2.18. The van der Waals surface area contributed by atoms with E-state index in [1.165, 1.54) is 24.3 Å². The Labute approximate surface area is 143 Å². The molecule has 6 heteroatoms. The summed E-state index contributed by atoms with van der Waals surface area (Å²) in [7, 11) is 0. The van der Waals surface area contributed by atoms with E-state index in [0.717, 1.165) is 5.56 Å². The van der Waals surface area contributed by atoms with Crippen molar-refractivity contribution in [2.45, 2.75) is 26.2 Å². The number of benzene rings is 2. The molecule has 128 valence electrons. The Kier molecular flexibility index (Phi) is 4.12. The molecule has 1 heterocycles. The summed E-state index contributed by atoms with van der Waals surface area (Å²) in [5.74, 6) is -1.05. The van der Waals surface area contributed by atoms with Crippen LogP contribution in [0.1, 0.15) is 36.8 Å². The first kappa shape index (κ1) is 16.8. The zero-order valence-electron chi connectivity index (χ0n) is 14.2. The third-order valence-corrected chi connectivity index (χ3v) is 3.95. The van der Waals surface area contributed by atoms with Crippen molar-refractivity contribution in [3.8, 4) is 0 Å². The molecule has 3 aromatic rings. The van der Waals surface area contributed by atoms with Gasteiger partial charge in [0.2, 0.25) is 5.43 Å². The van der Waals surface area contributed by atoms with Crippen LogP contribution < -0.4 is 10.7 Å². The molecule has 3 rings (SSSR count). The first-order chi connectivity index (χ1) is 11.8. The van der Waals surface area contributed by atoms with Gasteiger partial charge in [0.15, 0.2) is 5.69 Å². The lowest BCUT2D eigenvalue weighted by Crippen LogP contribution is -2.24. The van der Waals surface area contributed by atoms with Crippen molar-refractivity contribution in [3.63, 3.8) is 0 Å². The molecular formula is C19H18FN3O2. The fraction of sp³-hybridized carbons (Fsp3) is 0.211. The number of fused-ring (bicyclic) bond motifs is 1. The number of carbonyl (C=O) groups excluding carboxylic acids is 1. The van der Waals surface area contributed by atoms with Crippen LogP contribution in [0.3, 0.4) is 0 Å². The summed E-state index contributed by atoms with van der Waals surface area (Å²) in [6.07, 6.45) is 0. The van der Waals surface area contributed by atoms with Gasteiger partial charge in [-0.25, -0.2) is 4.39 Å². The molecule has 5 nitrogen and oxygen atoms in total. The Bertz CT molecular complexity index is 1000. The summed E-state index contributed by atoms with van der Waals surface area (Å²) in [5.41, 5.74) is 1.14. The van der Waals surface area contributed by atoms with Crippen LogP contribution in [-0.4, -0.2) is 16.1 Å². The number of carbonyl (C=O) groups is 1. The Morgan fingerprint density at radius 3 is 2.44 bits per heavy atom. The van der Waals surface area contributed by atoms with E-state index in [1.807, 2.05) is 26.8 Å². The number of aromatic nitrogens is 2. The second-order valence-electron chi connectivity index (χ2n) is 6.87. The van der Waals surface area contributed by atoms with Gasteiger partial charge in [0.25, 0.3) is 5.91 Å². The lowest BCUT2D eigenvalue weighted by atomic mass is 9.86. The summed E-state index contributed by atoms with van der Waals surface area (Å²) in [6, 6.07) is 10.8. The lowest BCUT2D eigenvalue weighted by molar-refractivity contribution is 0.102. The molecule has 0 aliphatic carbocycles. The number of nitrogens with one attached hydrogen (secondary N) is 2. The minimum atomic E-state index is -0.643. The number of hydrogen-bond donors (Lipinski definition) is 2. The molecular weight excluding hydrogens is 321 g/mol. The third-order valence-electron chi connectivity index (χ3n) is 3.95. The van der Waals surface area contributed by atoms with E-state index in [9.17, 15) is 14.0 Å². The van der Waals surface area contributed by atoms with E-state index in [2.05, 4.69) is 15.5 Å². The first-order valence-electron chi connectivity index (χ1n) is 7.85. The number of nitrogens with zero attached hydrogens (tertiary/aromatic N) is 1. The highest BCUT2D eigenvalue weighted by molar-refractivity contribution is 6.04. The number of H-pyrrole nitrogens is 1. The zero-order valence-corrected chi connectivity index (χ0v) is 14.2. The van der Waals surface area contributed by atoms with Crippen LogP contribution in [0.4, 0.5) is 10.1 Å². The summed E-state index contributed by atoms with van der Waals surface area (Å²) in [6.45, 7) is 6.14. The van der Waals surface area contributed by atoms with Gasteiger partial charge in [0.1, 0.15) is 5.82 Å². The normalized spacial score (nSPS) is 11.5. The molecule has 2 aromatic carbocycles. The highest BCUT2D eigenvalue weighted by Crippen LogP contribution is 2.24. The van der Waals surface area contributed by atoms with Crippen molar-refractivity contribution < 1.29 is 9.18 Å². The van der Waals surface area contributed by atoms with Gasteiger partial charge in [0, 0.05) is 11.1 Å². The van der Waals surface area contributed by atoms with E-state index in [0.29, 0.717) is 16.6 Å². The van der Waals surface area contributed by atoms with E-state index in [-0.39, 0.29) is 11.1 Å². The number of aromatic amines is 1. The van der Waals surface area contributed by atoms with Crippen molar-refractivity contribution in [3.05, 3.63) is 69.8 Å². The smallest absolute Gasteiger partial charge is 0.280 e. The van der Waals surface area contributed by atoms with Crippen LogP contribution >= 0.6 is 0 Å². The van der Waals surface area contributed by atoms with Gasteiger partial charge in [-0.1, -0.05) is 26.8 Å². The maximum absolute atomic E-state index is 12.9. The van der Waals surface area contributed by atoms with Gasteiger partial charge < -0.3 is 5.32 Å². The Balaban J connectivity index is 2.01. The molecule has 0 saturated carbocycles. The maximum Gasteiger partial charge on any atom is 0.280 e. The van der Waals surface area contributed by atoms with Gasteiger partial charge >= 0.3 is 0 Å². The van der Waals surface area contributed by atoms with Gasteiger partial charge in [0.05, 0.1) is 5.52 Å². The number of halogens is 1. The Morgan fingerprint density at radius 1 is 1.12 bits per heavy atom. The van der Waals surface area contributed by atoms with Crippen molar-refractivity contribution in [2.24, 2.45) is 0 Å². The fourth-order valence-corrected chi connectivity index (χ4v) is 2.47. The summed E-state index contributed by atoms with van der Waals surface area (Å²) >= 11 is 0. The SMILES string of the molecule is CC(C)(C)c1ccc2[nH]nc(C(=O)Nc3ccc(F)cc3)c(=O)c2c1. The lowest BCUT2D eigenvalue weighted by Gasteiger charge is -2.19.